The molecule has 0 saturated carbocycles. The fourth-order valence-electron chi connectivity index (χ4n) is 3.70. The van der Waals surface area contributed by atoms with Gasteiger partial charge in [0.2, 0.25) is 0 Å². The molecule has 5 rings (SSSR count). The summed E-state index contributed by atoms with van der Waals surface area (Å²) in [6.45, 7) is 4.06. The predicted molar refractivity (Wildman–Crippen MR) is 105 cm³/mol. The molecule has 1 saturated heterocycles. The van der Waals surface area contributed by atoms with Crippen LogP contribution >= 0.6 is 0 Å². The van der Waals surface area contributed by atoms with Crippen LogP contribution in [0, 0.1) is 12.8 Å². The highest BCUT2D eigenvalue weighted by atomic mass is 16.5. The summed E-state index contributed by atoms with van der Waals surface area (Å²) in [5.74, 6) is 3.35. The van der Waals surface area contributed by atoms with Gasteiger partial charge in [-0.05, 0) is 49.4 Å². The Hall–Kier alpha value is -3.22. The van der Waals surface area contributed by atoms with E-state index >= 15 is 0 Å². The highest BCUT2D eigenvalue weighted by Gasteiger charge is 2.23. The number of rotatable bonds is 4. The van der Waals surface area contributed by atoms with E-state index in [1.54, 1.807) is 12.4 Å². The van der Waals surface area contributed by atoms with E-state index in [2.05, 4.69) is 44.1 Å². The number of furan rings is 1. The van der Waals surface area contributed by atoms with Crippen molar-refractivity contribution in [2.24, 2.45) is 5.92 Å². The molecule has 0 N–H and O–H groups in total. The Morgan fingerprint density at radius 1 is 1.14 bits per heavy atom. The summed E-state index contributed by atoms with van der Waals surface area (Å²) < 4.78 is 11.2. The van der Waals surface area contributed by atoms with Gasteiger partial charge in [0.05, 0.1) is 0 Å². The van der Waals surface area contributed by atoms with Gasteiger partial charge in [0.25, 0.3) is 5.89 Å². The maximum absolute atomic E-state index is 5.78. The first kappa shape index (κ1) is 16.9. The molecule has 7 nitrogen and oxygen atoms in total. The molecule has 4 aromatic heterocycles. The van der Waals surface area contributed by atoms with Gasteiger partial charge in [0, 0.05) is 43.5 Å². The van der Waals surface area contributed by atoms with Crippen LogP contribution in [0.15, 0.2) is 51.8 Å². The predicted octanol–water partition coefficient (Wildman–Crippen LogP) is 4.04. The molecule has 7 heteroatoms. The van der Waals surface area contributed by atoms with E-state index in [0.29, 0.717) is 17.6 Å². The van der Waals surface area contributed by atoms with E-state index < -0.39 is 0 Å². The fourth-order valence-corrected chi connectivity index (χ4v) is 3.70. The molecule has 1 fully saturated rings. The van der Waals surface area contributed by atoms with Gasteiger partial charge in [-0.1, -0.05) is 11.2 Å². The summed E-state index contributed by atoms with van der Waals surface area (Å²) in [5.41, 5.74) is 1.95. The van der Waals surface area contributed by atoms with Crippen molar-refractivity contribution in [3.63, 3.8) is 0 Å². The lowest BCUT2D eigenvalue weighted by Gasteiger charge is -2.32. The van der Waals surface area contributed by atoms with Crippen molar-refractivity contribution in [2.75, 3.05) is 18.0 Å². The van der Waals surface area contributed by atoms with Gasteiger partial charge in [0.15, 0.2) is 11.6 Å². The molecule has 0 aliphatic carbocycles. The van der Waals surface area contributed by atoms with Crippen LogP contribution in [0.2, 0.25) is 0 Å². The van der Waals surface area contributed by atoms with Gasteiger partial charge in [-0.25, -0.2) is 4.98 Å². The smallest absolute Gasteiger partial charge is 0.293 e. The number of piperidine rings is 1. The lowest BCUT2D eigenvalue weighted by atomic mass is 9.93. The first-order valence-corrected chi connectivity index (χ1v) is 9.59. The van der Waals surface area contributed by atoms with Crippen molar-refractivity contribution < 1.29 is 8.94 Å². The normalized spacial score (nSPS) is 15.4. The third kappa shape index (κ3) is 3.35. The molecule has 0 atom stereocenters. The minimum atomic E-state index is 0.424. The highest BCUT2D eigenvalue weighted by Crippen LogP contribution is 2.28. The largest absolute Gasteiger partial charge is 0.451 e. The Labute approximate surface area is 162 Å². The third-order valence-corrected chi connectivity index (χ3v) is 5.30. The van der Waals surface area contributed by atoms with Crippen LogP contribution in [0.25, 0.3) is 22.6 Å². The van der Waals surface area contributed by atoms with E-state index in [0.717, 1.165) is 55.0 Å². The number of hydrogen-bond donors (Lipinski definition) is 0. The first-order chi connectivity index (χ1) is 13.7. The van der Waals surface area contributed by atoms with Crippen molar-refractivity contribution in [3.8, 4) is 11.7 Å². The zero-order chi connectivity index (χ0) is 18.9. The minimum Gasteiger partial charge on any atom is -0.451 e. The van der Waals surface area contributed by atoms with Crippen LogP contribution < -0.4 is 4.90 Å². The molecule has 0 aromatic carbocycles. The van der Waals surface area contributed by atoms with Gasteiger partial charge < -0.3 is 13.8 Å². The number of fused-ring (bicyclic) bond motifs is 1. The number of aryl methyl sites for hydroxylation is 1. The monoisotopic (exact) mass is 375 g/mol. The molecule has 5 heterocycles. The molecule has 0 spiro atoms. The minimum absolute atomic E-state index is 0.424. The summed E-state index contributed by atoms with van der Waals surface area (Å²) in [5, 5.41) is 5.08. The Morgan fingerprint density at radius 2 is 2.04 bits per heavy atom. The van der Waals surface area contributed by atoms with E-state index in [4.69, 9.17) is 8.94 Å². The average molecular weight is 375 g/mol. The van der Waals surface area contributed by atoms with Crippen molar-refractivity contribution in [2.45, 2.75) is 26.2 Å². The van der Waals surface area contributed by atoms with E-state index in [9.17, 15) is 0 Å². The van der Waals surface area contributed by atoms with Crippen molar-refractivity contribution in [3.05, 3.63) is 54.2 Å². The number of aromatic nitrogens is 4. The van der Waals surface area contributed by atoms with E-state index in [1.807, 2.05) is 18.3 Å². The van der Waals surface area contributed by atoms with Gasteiger partial charge in [-0.15, -0.1) is 0 Å². The van der Waals surface area contributed by atoms with Crippen LogP contribution in [-0.4, -0.2) is 33.2 Å². The number of pyridine rings is 2. The van der Waals surface area contributed by atoms with Gasteiger partial charge in [0.1, 0.15) is 11.4 Å². The number of anilines is 1. The topological polar surface area (TPSA) is 81.1 Å². The Balaban J connectivity index is 1.22. The van der Waals surface area contributed by atoms with Crippen LogP contribution in [0.3, 0.4) is 0 Å². The second kappa shape index (κ2) is 7.07. The molecular weight excluding hydrogens is 354 g/mol. The lowest BCUT2D eigenvalue weighted by Crippen LogP contribution is -2.34. The molecular formula is C21H21N5O2. The summed E-state index contributed by atoms with van der Waals surface area (Å²) in [4.78, 5) is 15.5. The average Bonchev–Trinajstić information content (AvgIpc) is 3.36. The molecule has 28 heavy (non-hydrogen) atoms. The fraction of sp³-hybridized carbons (Fsp3) is 0.333. The molecule has 0 amide bonds. The second-order valence-corrected chi connectivity index (χ2v) is 7.37. The van der Waals surface area contributed by atoms with Crippen molar-refractivity contribution in [1.82, 2.24) is 20.1 Å². The molecule has 4 aromatic rings. The molecule has 0 radical (unpaired) electrons. The second-order valence-electron chi connectivity index (χ2n) is 7.37. The zero-order valence-electron chi connectivity index (χ0n) is 15.7. The number of nitrogens with zero attached hydrogens (tertiary/aromatic N) is 5. The lowest BCUT2D eigenvalue weighted by molar-refractivity contribution is 0.375. The van der Waals surface area contributed by atoms with Gasteiger partial charge in [-0.2, -0.15) is 4.98 Å². The summed E-state index contributed by atoms with van der Waals surface area (Å²) in [6, 6.07) is 7.92. The van der Waals surface area contributed by atoms with E-state index in [-0.39, 0.29) is 0 Å². The highest BCUT2D eigenvalue weighted by molar-refractivity contribution is 5.80. The maximum Gasteiger partial charge on any atom is 0.293 e. The number of hydrogen-bond acceptors (Lipinski definition) is 7. The van der Waals surface area contributed by atoms with Crippen LogP contribution in [0.1, 0.15) is 24.2 Å². The molecule has 1 aliphatic heterocycles. The summed E-state index contributed by atoms with van der Waals surface area (Å²) in [6.07, 6.45) is 8.39. The Bertz CT molecular complexity index is 1040. The van der Waals surface area contributed by atoms with Gasteiger partial charge in [-0.3, -0.25) is 4.98 Å². The zero-order valence-corrected chi connectivity index (χ0v) is 15.7. The molecule has 0 unspecified atom stereocenters. The molecule has 1 aliphatic rings. The third-order valence-electron chi connectivity index (χ3n) is 5.30. The SMILES string of the molecule is Cc1ccc(N2CCC(Cc3noc(-c4cc5cnccc5o4)n3)CC2)nc1. The molecule has 0 bridgehead atoms. The van der Waals surface area contributed by atoms with Crippen LogP contribution in [0.5, 0.6) is 0 Å². The maximum atomic E-state index is 5.78. The van der Waals surface area contributed by atoms with Crippen LogP contribution in [-0.2, 0) is 6.42 Å². The first-order valence-electron chi connectivity index (χ1n) is 9.59. The van der Waals surface area contributed by atoms with Crippen molar-refractivity contribution in [1.29, 1.82) is 0 Å². The molecule has 142 valence electrons. The summed E-state index contributed by atoms with van der Waals surface area (Å²) >= 11 is 0. The summed E-state index contributed by atoms with van der Waals surface area (Å²) in [7, 11) is 0. The Kier molecular flexibility index (Phi) is 4.27. The van der Waals surface area contributed by atoms with Crippen LogP contribution in [0.4, 0.5) is 5.82 Å². The quantitative estimate of drug-likeness (QED) is 0.532. The standard InChI is InChI=1S/C21H21N5O2/c1-14-2-3-20(23-12-14)26-8-5-15(6-9-26)10-19-24-21(28-25-19)18-11-16-13-22-7-4-17(16)27-18/h2-4,7,11-13,15H,5-6,8-10H2,1H3. The Morgan fingerprint density at radius 3 is 2.82 bits per heavy atom. The van der Waals surface area contributed by atoms with Gasteiger partial charge >= 0.3 is 0 Å². The van der Waals surface area contributed by atoms with E-state index in [1.165, 1.54) is 5.56 Å². The van der Waals surface area contributed by atoms with Crippen molar-refractivity contribution >= 4 is 16.8 Å².